The van der Waals surface area contributed by atoms with Gasteiger partial charge in [0.1, 0.15) is 33.5 Å². The highest BCUT2D eigenvalue weighted by Gasteiger charge is 2.26. The van der Waals surface area contributed by atoms with Gasteiger partial charge in [0.25, 0.3) is 0 Å². The van der Waals surface area contributed by atoms with Gasteiger partial charge < -0.3 is 17.8 Å². The van der Waals surface area contributed by atoms with Gasteiger partial charge in [0, 0.05) is 47.0 Å². The molecule has 0 aliphatic rings. The van der Waals surface area contributed by atoms with E-state index in [1.54, 1.807) is 0 Å². The van der Waals surface area contributed by atoms with Crippen LogP contribution in [0.15, 0.2) is 125 Å². The van der Waals surface area contributed by atoms with Crippen LogP contribution >= 0.6 is 31.9 Å². The van der Waals surface area contributed by atoms with Crippen molar-refractivity contribution in [2.75, 3.05) is 0 Å². The van der Waals surface area contributed by atoms with E-state index in [9.17, 15) is 0 Å². The number of fused-ring (bicyclic) bond motifs is 14. The SMILES string of the molecule is Brc1cc2c(c3oc4ccccc4c13)c1c3oc4ccccc4c3c(Br)cc1n2-c1ccc2oc3ccccc3c2c1. The summed E-state index contributed by atoms with van der Waals surface area (Å²) in [6.07, 6.45) is 0. The van der Waals surface area contributed by atoms with Gasteiger partial charge in [-0.3, -0.25) is 0 Å². The van der Waals surface area contributed by atoms with Crippen molar-refractivity contribution in [1.82, 2.24) is 4.57 Å². The molecule has 0 aliphatic heterocycles. The van der Waals surface area contributed by atoms with Gasteiger partial charge in [-0.1, -0.05) is 54.6 Å². The van der Waals surface area contributed by atoms with Crippen molar-refractivity contribution in [3.63, 3.8) is 0 Å². The zero-order valence-corrected chi connectivity index (χ0v) is 24.9. The highest BCUT2D eigenvalue weighted by molar-refractivity contribution is 9.11. The van der Waals surface area contributed by atoms with Gasteiger partial charge in [-0.05, 0) is 80.4 Å². The molecule has 6 heteroatoms. The van der Waals surface area contributed by atoms with Crippen molar-refractivity contribution in [3.8, 4) is 5.69 Å². The lowest BCUT2D eigenvalue weighted by Gasteiger charge is -2.09. The summed E-state index contributed by atoms with van der Waals surface area (Å²) in [4.78, 5) is 0. The first-order valence-electron chi connectivity index (χ1n) is 13.6. The predicted octanol–water partition coefficient (Wildman–Crippen LogP) is 12.0. The van der Waals surface area contributed by atoms with Crippen LogP contribution in [0.25, 0.3) is 93.3 Å². The van der Waals surface area contributed by atoms with E-state index in [-0.39, 0.29) is 0 Å². The first kappa shape index (κ1) is 23.1. The quantitative estimate of drug-likeness (QED) is 0.174. The van der Waals surface area contributed by atoms with E-state index >= 15 is 0 Å². The zero-order valence-electron chi connectivity index (χ0n) is 21.7. The lowest BCUT2D eigenvalue weighted by molar-refractivity contribution is 0.669. The largest absolute Gasteiger partial charge is 0.456 e. The van der Waals surface area contributed by atoms with Crippen LogP contribution in [0, 0.1) is 0 Å². The third-order valence-corrected chi connectivity index (χ3v) is 9.76. The minimum atomic E-state index is 0.836. The first-order valence-corrected chi connectivity index (χ1v) is 15.2. The number of furan rings is 3. The zero-order chi connectivity index (χ0) is 27.7. The molecule has 4 heterocycles. The van der Waals surface area contributed by atoms with E-state index in [0.717, 1.165) is 102 Å². The van der Waals surface area contributed by atoms with Crippen molar-refractivity contribution in [3.05, 3.63) is 112 Å². The number of nitrogens with zero attached hydrogens (tertiary/aromatic N) is 1. The van der Waals surface area contributed by atoms with Crippen molar-refractivity contribution >= 4 is 119 Å². The molecule has 0 saturated heterocycles. The topological polar surface area (TPSA) is 44.4 Å². The van der Waals surface area contributed by atoms with E-state index in [1.807, 2.05) is 36.4 Å². The fourth-order valence-electron chi connectivity index (χ4n) is 6.78. The molecule has 10 aromatic rings. The molecule has 0 radical (unpaired) electrons. The summed E-state index contributed by atoms with van der Waals surface area (Å²) < 4.78 is 23.8. The number of benzene rings is 6. The second-order valence-corrected chi connectivity index (χ2v) is 12.4. The molecular formula is C36H17Br2NO3. The molecule has 0 saturated carbocycles. The molecule has 0 N–H and O–H groups in total. The third kappa shape index (κ3) is 2.86. The molecule has 6 aromatic carbocycles. The van der Waals surface area contributed by atoms with Gasteiger partial charge in [0.15, 0.2) is 0 Å². The van der Waals surface area contributed by atoms with Gasteiger partial charge in [-0.25, -0.2) is 0 Å². The normalized spacial score (nSPS) is 12.5. The number of para-hydroxylation sites is 3. The summed E-state index contributed by atoms with van der Waals surface area (Å²) in [7, 11) is 0. The Morgan fingerprint density at radius 3 is 1.48 bits per heavy atom. The first-order chi connectivity index (χ1) is 20.7. The second kappa shape index (κ2) is 8.06. The van der Waals surface area contributed by atoms with E-state index in [2.05, 4.69) is 103 Å². The molecule has 10 rings (SSSR count). The molecule has 4 nitrogen and oxygen atoms in total. The third-order valence-electron chi connectivity index (χ3n) is 8.51. The minimum Gasteiger partial charge on any atom is -0.456 e. The molecule has 198 valence electrons. The Balaban J connectivity index is 1.46. The number of halogens is 2. The lowest BCUT2D eigenvalue weighted by Crippen LogP contribution is -1.94. The number of aromatic nitrogens is 1. The Labute approximate surface area is 253 Å². The smallest absolute Gasteiger partial charge is 0.146 e. The predicted molar refractivity (Wildman–Crippen MR) is 178 cm³/mol. The maximum absolute atomic E-state index is 6.66. The van der Waals surface area contributed by atoms with Crippen LogP contribution in [0.2, 0.25) is 0 Å². The van der Waals surface area contributed by atoms with E-state index in [1.165, 1.54) is 0 Å². The van der Waals surface area contributed by atoms with Crippen LogP contribution < -0.4 is 0 Å². The van der Waals surface area contributed by atoms with Crippen LogP contribution in [0.1, 0.15) is 0 Å². The molecule has 0 aliphatic carbocycles. The van der Waals surface area contributed by atoms with Crippen LogP contribution in [-0.4, -0.2) is 4.57 Å². The number of hydrogen-bond acceptors (Lipinski definition) is 3. The van der Waals surface area contributed by atoms with Gasteiger partial charge in [0.05, 0.1) is 21.8 Å². The molecule has 0 spiro atoms. The Kier molecular flexibility index (Phi) is 4.43. The Hall–Kier alpha value is -4.52. The summed E-state index contributed by atoms with van der Waals surface area (Å²) in [5.41, 5.74) is 8.19. The average Bonchev–Trinajstić information content (AvgIpc) is 3.75. The molecule has 0 fully saturated rings. The second-order valence-electron chi connectivity index (χ2n) is 10.7. The van der Waals surface area contributed by atoms with E-state index < -0.39 is 0 Å². The monoisotopic (exact) mass is 669 g/mol. The molecule has 0 unspecified atom stereocenters. The van der Waals surface area contributed by atoms with E-state index in [0.29, 0.717) is 0 Å². The average molecular weight is 671 g/mol. The fraction of sp³-hybridized carbons (Fsp3) is 0. The van der Waals surface area contributed by atoms with Crippen molar-refractivity contribution in [1.29, 1.82) is 0 Å². The van der Waals surface area contributed by atoms with Crippen LogP contribution in [-0.2, 0) is 0 Å². The standard InChI is InChI=1S/C36H17Br2NO3/c37-23-16-25-33(35-31(23)20-8-2-5-11-28(20)41-35)34-26(17-24(38)32-21-9-3-6-12-29(21)42-36(32)34)39(25)18-13-14-30-22(15-18)19-7-1-4-10-27(19)40-30/h1-17H. The number of rotatable bonds is 1. The molecular weight excluding hydrogens is 654 g/mol. The van der Waals surface area contributed by atoms with Crippen LogP contribution in [0.4, 0.5) is 0 Å². The van der Waals surface area contributed by atoms with Crippen molar-refractivity contribution in [2.45, 2.75) is 0 Å². The molecule has 0 amide bonds. The summed E-state index contributed by atoms with van der Waals surface area (Å²) >= 11 is 7.84. The van der Waals surface area contributed by atoms with Crippen LogP contribution in [0.5, 0.6) is 0 Å². The van der Waals surface area contributed by atoms with Crippen molar-refractivity contribution in [2.24, 2.45) is 0 Å². The maximum Gasteiger partial charge on any atom is 0.146 e. The highest BCUT2D eigenvalue weighted by atomic mass is 79.9. The summed E-state index contributed by atoms with van der Waals surface area (Å²) in [5.74, 6) is 0. The lowest BCUT2D eigenvalue weighted by atomic mass is 10.1. The minimum absolute atomic E-state index is 0.836. The summed E-state index contributed by atoms with van der Waals surface area (Å²) in [5, 5.41) is 8.47. The highest BCUT2D eigenvalue weighted by Crippen LogP contribution is 2.49. The van der Waals surface area contributed by atoms with Crippen molar-refractivity contribution < 1.29 is 13.3 Å². The molecule has 42 heavy (non-hydrogen) atoms. The molecule has 4 aromatic heterocycles. The van der Waals surface area contributed by atoms with Gasteiger partial charge >= 0.3 is 0 Å². The Bertz CT molecular complexity index is 2640. The summed E-state index contributed by atoms with van der Waals surface area (Å²) in [6.45, 7) is 0. The maximum atomic E-state index is 6.66. The number of hydrogen-bond donors (Lipinski definition) is 0. The van der Waals surface area contributed by atoms with Crippen LogP contribution in [0.3, 0.4) is 0 Å². The fourth-order valence-corrected chi connectivity index (χ4v) is 8.00. The Morgan fingerprint density at radius 1 is 0.429 bits per heavy atom. The summed E-state index contributed by atoms with van der Waals surface area (Å²) in [6, 6.07) is 35.4. The van der Waals surface area contributed by atoms with Gasteiger partial charge in [-0.2, -0.15) is 0 Å². The Morgan fingerprint density at radius 2 is 0.905 bits per heavy atom. The van der Waals surface area contributed by atoms with Gasteiger partial charge in [0.2, 0.25) is 0 Å². The van der Waals surface area contributed by atoms with E-state index in [4.69, 9.17) is 13.3 Å². The molecule has 0 atom stereocenters. The molecule has 0 bridgehead atoms. The van der Waals surface area contributed by atoms with Gasteiger partial charge in [-0.15, -0.1) is 0 Å².